The monoisotopic (exact) mass is 197 g/mol. The van der Waals surface area contributed by atoms with Gasteiger partial charge in [-0.3, -0.25) is 10.3 Å². The molecule has 0 aliphatic heterocycles. The summed E-state index contributed by atoms with van der Waals surface area (Å²) in [5.74, 6) is -0.121. The highest BCUT2D eigenvalue weighted by atomic mass is 19.4. The van der Waals surface area contributed by atoms with E-state index in [-0.39, 0.29) is 12.4 Å². The summed E-state index contributed by atoms with van der Waals surface area (Å²) in [7, 11) is 1.51. The second-order valence-corrected chi connectivity index (χ2v) is 2.98. The van der Waals surface area contributed by atoms with Crippen LogP contribution in [0.1, 0.15) is 13.3 Å². The van der Waals surface area contributed by atoms with Crippen LogP contribution in [0.5, 0.6) is 0 Å². The number of nitrogens with two attached hydrogens (primary N) is 1. The zero-order valence-corrected chi connectivity index (χ0v) is 7.65. The van der Waals surface area contributed by atoms with Gasteiger partial charge in [-0.25, -0.2) is 0 Å². The average Bonchev–Trinajstić information content (AvgIpc) is 1.97. The summed E-state index contributed by atoms with van der Waals surface area (Å²) in [4.78, 5) is 1.40. The number of amidine groups is 1. The van der Waals surface area contributed by atoms with E-state index in [9.17, 15) is 13.2 Å². The van der Waals surface area contributed by atoms with Crippen LogP contribution in [0, 0.1) is 5.41 Å². The van der Waals surface area contributed by atoms with E-state index in [2.05, 4.69) is 0 Å². The van der Waals surface area contributed by atoms with Crippen molar-refractivity contribution in [1.82, 2.24) is 4.90 Å². The number of alkyl halides is 3. The fraction of sp³-hybridized carbons (Fsp3) is 0.857. The van der Waals surface area contributed by atoms with Gasteiger partial charge >= 0.3 is 6.18 Å². The minimum Gasteiger partial charge on any atom is -0.386 e. The minimum atomic E-state index is -4.15. The van der Waals surface area contributed by atoms with Crippen LogP contribution in [-0.2, 0) is 0 Å². The molecule has 6 heteroatoms. The Morgan fingerprint density at radius 2 is 2.00 bits per heavy atom. The highest BCUT2D eigenvalue weighted by Crippen LogP contribution is 2.19. The molecule has 0 radical (unpaired) electrons. The molecule has 0 amide bonds. The molecule has 0 aromatic rings. The van der Waals surface area contributed by atoms with Crippen molar-refractivity contribution >= 4 is 5.84 Å². The van der Waals surface area contributed by atoms with Crippen LogP contribution in [0.4, 0.5) is 13.2 Å². The predicted octanol–water partition coefficient (Wildman–Crippen LogP) is 1.20. The normalized spacial score (nSPS) is 14.6. The minimum absolute atomic E-state index is 0.121. The lowest BCUT2D eigenvalue weighted by atomic mass is 10.2. The molecule has 0 spiro atoms. The third kappa shape index (κ3) is 5.46. The van der Waals surface area contributed by atoms with Gasteiger partial charge < -0.3 is 5.73 Å². The Morgan fingerprint density at radius 3 is 2.31 bits per heavy atom. The largest absolute Gasteiger partial charge is 0.390 e. The molecule has 0 aromatic heterocycles. The van der Waals surface area contributed by atoms with Crippen molar-refractivity contribution in [3.05, 3.63) is 0 Å². The van der Waals surface area contributed by atoms with Crippen LogP contribution in [0.2, 0.25) is 0 Å². The molecule has 0 saturated carbocycles. The Labute approximate surface area is 75.2 Å². The van der Waals surface area contributed by atoms with Gasteiger partial charge in [0.25, 0.3) is 0 Å². The molecule has 0 bridgehead atoms. The molecule has 0 rings (SSSR count). The summed E-state index contributed by atoms with van der Waals surface area (Å²) in [5.41, 5.74) is 5.14. The quantitative estimate of drug-likeness (QED) is 0.525. The van der Waals surface area contributed by atoms with Crippen molar-refractivity contribution < 1.29 is 13.2 Å². The van der Waals surface area contributed by atoms with Gasteiger partial charge in [-0.1, -0.05) is 0 Å². The number of halogens is 3. The Balaban J connectivity index is 3.88. The molecular weight excluding hydrogens is 183 g/mol. The van der Waals surface area contributed by atoms with Crippen molar-refractivity contribution in [2.24, 2.45) is 5.73 Å². The van der Waals surface area contributed by atoms with E-state index in [1.54, 1.807) is 6.92 Å². The van der Waals surface area contributed by atoms with Gasteiger partial charge in [-0.15, -0.1) is 0 Å². The van der Waals surface area contributed by atoms with E-state index < -0.39 is 18.6 Å². The molecule has 78 valence electrons. The lowest BCUT2D eigenvalue weighted by molar-refractivity contribution is -0.137. The second kappa shape index (κ2) is 4.45. The van der Waals surface area contributed by atoms with Gasteiger partial charge in [0.05, 0.1) is 12.5 Å². The summed E-state index contributed by atoms with van der Waals surface area (Å²) < 4.78 is 35.3. The van der Waals surface area contributed by atoms with Gasteiger partial charge in [0, 0.05) is 6.54 Å². The Bertz CT molecular complexity index is 178. The zero-order chi connectivity index (χ0) is 10.6. The van der Waals surface area contributed by atoms with Crippen molar-refractivity contribution in [3.8, 4) is 0 Å². The first-order valence-electron chi connectivity index (χ1n) is 3.85. The molecule has 3 N–H and O–H groups in total. The van der Waals surface area contributed by atoms with Crippen molar-refractivity contribution in [2.75, 3.05) is 13.6 Å². The van der Waals surface area contributed by atoms with Crippen molar-refractivity contribution in [1.29, 1.82) is 5.41 Å². The van der Waals surface area contributed by atoms with Gasteiger partial charge in [0.2, 0.25) is 0 Å². The third-order valence-corrected chi connectivity index (χ3v) is 1.86. The third-order valence-electron chi connectivity index (χ3n) is 1.86. The van der Waals surface area contributed by atoms with Gasteiger partial charge in [0.1, 0.15) is 5.84 Å². The van der Waals surface area contributed by atoms with Crippen LogP contribution < -0.4 is 5.73 Å². The molecular formula is C7H14F3N3. The molecule has 1 unspecified atom stereocenters. The van der Waals surface area contributed by atoms with E-state index in [1.807, 2.05) is 0 Å². The average molecular weight is 197 g/mol. The second-order valence-electron chi connectivity index (χ2n) is 2.98. The lowest BCUT2D eigenvalue weighted by Gasteiger charge is -2.23. The zero-order valence-electron chi connectivity index (χ0n) is 7.65. The van der Waals surface area contributed by atoms with Crippen molar-refractivity contribution in [2.45, 2.75) is 25.6 Å². The van der Waals surface area contributed by atoms with E-state index in [1.165, 1.54) is 11.9 Å². The number of nitrogens with one attached hydrogen (secondary N) is 1. The lowest BCUT2D eigenvalue weighted by Crippen LogP contribution is -2.41. The first-order chi connectivity index (χ1) is 5.74. The standard InChI is InChI=1S/C7H14F3N3/c1-5(6(11)12)13(2)4-3-7(8,9)10/h5H,3-4H2,1-2H3,(H3,11,12). The first-order valence-corrected chi connectivity index (χ1v) is 3.85. The number of likely N-dealkylation sites (N-methyl/N-ethyl adjacent to an activating group) is 1. The number of rotatable bonds is 4. The first kappa shape index (κ1) is 12.2. The fourth-order valence-corrected chi connectivity index (χ4v) is 0.734. The van der Waals surface area contributed by atoms with Crippen LogP contribution in [0.25, 0.3) is 0 Å². The van der Waals surface area contributed by atoms with Gasteiger partial charge in [-0.05, 0) is 14.0 Å². The maximum Gasteiger partial charge on any atom is 0.390 e. The van der Waals surface area contributed by atoms with Crippen LogP contribution in [0.15, 0.2) is 0 Å². The molecule has 0 heterocycles. The maximum absolute atomic E-state index is 11.8. The van der Waals surface area contributed by atoms with Crippen molar-refractivity contribution in [3.63, 3.8) is 0 Å². The highest BCUT2D eigenvalue weighted by Gasteiger charge is 2.28. The molecule has 0 aliphatic carbocycles. The Kier molecular flexibility index (Phi) is 4.19. The summed E-state index contributed by atoms with van der Waals surface area (Å²) in [6, 6.07) is -0.442. The number of hydrogen-bond acceptors (Lipinski definition) is 2. The predicted molar refractivity (Wildman–Crippen MR) is 44.7 cm³/mol. The molecule has 1 atom stereocenters. The van der Waals surface area contributed by atoms with E-state index >= 15 is 0 Å². The summed E-state index contributed by atoms with van der Waals surface area (Å²) in [6.07, 6.45) is -5.02. The van der Waals surface area contributed by atoms with Gasteiger partial charge in [-0.2, -0.15) is 13.2 Å². The van der Waals surface area contributed by atoms with Crippen LogP contribution in [0.3, 0.4) is 0 Å². The van der Waals surface area contributed by atoms with Gasteiger partial charge in [0.15, 0.2) is 0 Å². The highest BCUT2D eigenvalue weighted by molar-refractivity contribution is 5.82. The SMILES string of the molecule is CC(C(=N)N)N(C)CCC(F)(F)F. The molecule has 0 aliphatic rings. The Morgan fingerprint density at radius 1 is 1.54 bits per heavy atom. The smallest absolute Gasteiger partial charge is 0.386 e. The number of nitrogens with zero attached hydrogens (tertiary/aromatic N) is 1. The molecule has 13 heavy (non-hydrogen) atoms. The molecule has 3 nitrogen and oxygen atoms in total. The molecule has 0 fully saturated rings. The van der Waals surface area contributed by atoms with E-state index in [0.29, 0.717) is 0 Å². The van der Waals surface area contributed by atoms with Crippen LogP contribution in [-0.4, -0.2) is 36.5 Å². The summed E-state index contributed by atoms with van der Waals surface area (Å²) in [5, 5.41) is 7.02. The number of hydrogen-bond donors (Lipinski definition) is 2. The summed E-state index contributed by atoms with van der Waals surface area (Å²) >= 11 is 0. The summed E-state index contributed by atoms with van der Waals surface area (Å²) in [6.45, 7) is 1.46. The van der Waals surface area contributed by atoms with E-state index in [4.69, 9.17) is 11.1 Å². The van der Waals surface area contributed by atoms with Crippen LogP contribution >= 0.6 is 0 Å². The fourth-order valence-electron chi connectivity index (χ4n) is 0.734. The topological polar surface area (TPSA) is 53.1 Å². The van der Waals surface area contributed by atoms with E-state index in [0.717, 1.165) is 0 Å². The molecule has 0 saturated heterocycles. The molecule has 0 aromatic carbocycles. The maximum atomic E-state index is 11.8. The Hall–Kier alpha value is -0.780.